The zero-order chi connectivity index (χ0) is 62.5. The molecule has 94 heavy (non-hydrogen) atoms. The van der Waals surface area contributed by atoms with Crippen molar-refractivity contribution in [1.82, 2.24) is 9.13 Å². The molecule has 0 aliphatic rings. The Morgan fingerprint density at radius 1 is 0.298 bits per heavy atom. The molecule has 0 N–H and O–H groups in total. The maximum atomic E-state index is 11.7. The Labute approximate surface area is 548 Å². The van der Waals surface area contributed by atoms with Crippen LogP contribution in [0.5, 0.6) is 0 Å². The van der Waals surface area contributed by atoms with Crippen molar-refractivity contribution in [2.45, 2.75) is 0 Å². The van der Waals surface area contributed by atoms with Gasteiger partial charge in [0.25, 0.3) is 0 Å². The van der Waals surface area contributed by atoms with Crippen molar-refractivity contribution in [3.63, 3.8) is 0 Å². The van der Waals surface area contributed by atoms with E-state index in [1.165, 1.54) is 35.7 Å². The molecule has 0 fully saturated rings. The number of benzene rings is 14. The minimum atomic E-state index is -3.49. The van der Waals surface area contributed by atoms with Crippen LogP contribution in [0.4, 0.5) is 0 Å². The Kier molecular flexibility index (Phi) is 12.8. The van der Waals surface area contributed by atoms with Crippen LogP contribution in [0.1, 0.15) is 11.1 Å². The highest BCUT2D eigenvalue weighted by atomic mass is 32.1. The molecule has 18 rings (SSSR count). The molecule has 0 radical (unpaired) electrons. The molecule has 0 unspecified atom stereocenters. The lowest BCUT2D eigenvalue weighted by Gasteiger charge is -2.35. The Bertz CT molecular complexity index is 6020. The van der Waals surface area contributed by atoms with E-state index < -0.39 is 16.1 Å². The van der Waals surface area contributed by atoms with Gasteiger partial charge in [0.15, 0.2) is 16.1 Å². The van der Waals surface area contributed by atoms with Gasteiger partial charge < -0.3 is 13.6 Å². The Balaban J connectivity index is 0.856. The molecule has 14 aromatic carbocycles. The van der Waals surface area contributed by atoms with Gasteiger partial charge >= 0.3 is 0 Å². The van der Waals surface area contributed by atoms with E-state index in [2.05, 4.69) is 343 Å². The number of nitriles is 2. The van der Waals surface area contributed by atoms with Crippen molar-refractivity contribution in [3.05, 3.63) is 339 Å². The van der Waals surface area contributed by atoms with Gasteiger partial charge in [0.05, 0.1) is 44.6 Å². The molecule has 4 heterocycles. The van der Waals surface area contributed by atoms with E-state index in [0.717, 1.165) is 114 Å². The average Bonchev–Trinajstić information content (AvgIpc) is 1.30. The highest BCUT2D eigenvalue weighted by Crippen LogP contribution is 2.40. The molecule has 5 nitrogen and oxygen atoms in total. The van der Waals surface area contributed by atoms with Crippen LogP contribution >= 0.6 is 11.3 Å². The summed E-state index contributed by atoms with van der Waals surface area (Å²) in [7, 11) is -6.65. The maximum Gasteiger partial charge on any atom is 0.184 e. The van der Waals surface area contributed by atoms with Crippen LogP contribution in [0, 0.1) is 22.7 Å². The SMILES string of the molecule is N#Cc1cc([Si](c2ccccc2)(c2ccccc2)c2cc(-c3ccc4c(c3)c3ccccc3n4-c3ccc([Si](c4ccccc4)(c4ccccc4)c4cccc5c4sc4ccccc45)cc3C#N)cc3c2oc2ccccc23)ccc1-n1c2ccccc2c2ccccc21. The summed E-state index contributed by atoms with van der Waals surface area (Å²) in [6.07, 6.45) is 0. The molecule has 0 aliphatic carbocycles. The van der Waals surface area contributed by atoms with E-state index in [9.17, 15) is 10.5 Å². The van der Waals surface area contributed by atoms with Crippen LogP contribution in [-0.4, -0.2) is 25.3 Å². The van der Waals surface area contributed by atoms with Crippen LogP contribution in [0.3, 0.4) is 0 Å². The van der Waals surface area contributed by atoms with Gasteiger partial charge in [0, 0.05) is 52.5 Å². The first-order valence-corrected chi connectivity index (χ1v) is 36.6. The summed E-state index contributed by atoms with van der Waals surface area (Å²) < 4.78 is 14.3. The van der Waals surface area contributed by atoms with Crippen LogP contribution in [0.25, 0.3) is 108 Å². The van der Waals surface area contributed by atoms with Crippen molar-refractivity contribution in [1.29, 1.82) is 10.5 Å². The third-order valence-electron chi connectivity index (χ3n) is 19.7. The summed E-state index contributed by atoms with van der Waals surface area (Å²) in [6, 6.07) is 124. The summed E-state index contributed by atoms with van der Waals surface area (Å²) in [6.45, 7) is 0. The minimum absolute atomic E-state index is 0.583. The number of hydrogen-bond donors (Lipinski definition) is 0. The number of fused-ring (bicyclic) bond motifs is 12. The molecule has 8 heteroatoms. The van der Waals surface area contributed by atoms with Crippen molar-refractivity contribution in [2.24, 2.45) is 0 Å². The van der Waals surface area contributed by atoms with E-state index in [0.29, 0.717) is 11.1 Å². The number of thiophene rings is 1. The second kappa shape index (κ2) is 21.9. The van der Waals surface area contributed by atoms with Gasteiger partial charge in [0.1, 0.15) is 23.3 Å². The predicted molar refractivity (Wildman–Crippen MR) is 397 cm³/mol. The molecule has 4 aromatic heterocycles. The first-order valence-electron chi connectivity index (χ1n) is 31.7. The molecule has 438 valence electrons. The van der Waals surface area contributed by atoms with Gasteiger partial charge in [-0.25, -0.2) is 0 Å². The van der Waals surface area contributed by atoms with Gasteiger partial charge in [-0.15, -0.1) is 11.3 Å². The van der Waals surface area contributed by atoms with Crippen LogP contribution in [-0.2, 0) is 0 Å². The quantitative estimate of drug-likeness (QED) is 0.0957. The van der Waals surface area contributed by atoms with Crippen LogP contribution in [0.2, 0.25) is 0 Å². The summed E-state index contributed by atoms with van der Waals surface area (Å²) in [5, 5.41) is 41.7. The zero-order valence-corrected chi connectivity index (χ0v) is 53.6. The van der Waals surface area contributed by atoms with Crippen LogP contribution in [0.15, 0.2) is 332 Å². The minimum Gasteiger partial charge on any atom is -0.456 e. The fraction of sp³-hybridized carbons (Fsp3) is 0. The van der Waals surface area contributed by atoms with Crippen molar-refractivity contribution in [2.75, 3.05) is 0 Å². The number of furan rings is 1. The van der Waals surface area contributed by atoms with Crippen LogP contribution < -0.4 is 41.5 Å². The number of rotatable bonds is 11. The molecular formula is C86H54N4OSSi2. The Morgan fingerprint density at radius 2 is 0.723 bits per heavy atom. The van der Waals surface area contributed by atoms with E-state index in [1.807, 2.05) is 17.4 Å². The predicted octanol–water partition coefficient (Wildman–Crippen LogP) is 16.3. The summed E-state index contributed by atoms with van der Waals surface area (Å²) in [5.74, 6) is 0. The molecule has 0 aliphatic heterocycles. The fourth-order valence-electron chi connectivity index (χ4n) is 15.7. The van der Waals surface area contributed by atoms with E-state index >= 15 is 0 Å². The molecule has 18 aromatic rings. The topological polar surface area (TPSA) is 70.6 Å². The largest absolute Gasteiger partial charge is 0.456 e. The molecule has 0 spiro atoms. The number of aromatic nitrogens is 2. The number of para-hydroxylation sites is 4. The van der Waals surface area contributed by atoms with Gasteiger partial charge in [-0.05, 0) is 125 Å². The van der Waals surface area contributed by atoms with Gasteiger partial charge in [-0.2, -0.15) is 10.5 Å². The van der Waals surface area contributed by atoms with E-state index in [1.54, 1.807) is 0 Å². The monoisotopic (exact) mass is 1250 g/mol. The van der Waals surface area contributed by atoms with Crippen molar-refractivity contribution < 1.29 is 4.42 Å². The maximum absolute atomic E-state index is 11.7. The summed E-state index contributed by atoms with van der Waals surface area (Å²) in [5.41, 5.74) is 10.7. The molecule has 0 bridgehead atoms. The molecular weight excluding hydrogens is 1190 g/mol. The fourth-order valence-corrected chi connectivity index (χ4v) is 27.2. The summed E-state index contributed by atoms with van der Waals surface area (Å²) in [4.78, 5) is 0. The second-order valence-electron chi connectivity index (χ2n) is 24.4. The Morgan fingerprint density at radius 3 is 1.26 bits per heavy atom. The van der Waals surface area contributed by atoms with Gasteiger partial charge in [-0.1, -0.05) is 255 Å². The van der Waals surface area contributed by atoms with Gasteiger partial charge in [-0.3, -0.25) is 0 Å². The van der Waals surface area contributed by atoms with Crippen molar-refractivity contribution >= 4 is 155 Å². The number of nitrogens with zero attached hydrogens (tertiary/aromatic N) is 4. The first kappa shape index (κ1) is 55.0. The van der Waals surface area contributed by atoms with E-state index in [-0.39, 0.29) is 0 Å². The lowest BCUT2D eigenvalue weighted by molar-refractivity contribution is 0.671. The third kappa shape index (κ3) is 8.15. The zero-order valence-electron chi connectivity index (χ0n) is 50.8. The molecule has 0 amide bonds. The molecule has 0 saturated heterocycles. The average molecular weight is 1250 g/mol. The summed E-state index contributed by atoms with van der Waals surface area (Å²) >= 11 is 1.87. The smallest absolute Gasteiger partial charge is 0.184 e. The van der Waals surface area contributed by atoms with Crippen molar-refractivity contribution in [3.8, 4) is 34.6 Å². The highest BCUT2D eigenvalue weighted by Gasteiger charge is 2.46. The lowest BCUT2D eigenvalue weighted by atomic mass is 10.0. The standard InChI is InChI=1S/C86H54N4OSSi2/c87-55-59-50-65(93(61-24-5-1-6-25-61,62-26-7-2-8-27-62)83-43-23-37-72-71-36-17-22-42-82(71)92-86(72)83)45-48-76(59)90-79-40-20-15-34-69(79)73-52-57(44-47-80(73)90)58-53-74-70-35-16-21-41-81(70)91-85(74)84(54-58)94(63-28-9-3-10-29-63,64-30-11-4-12-31-64)66-46-49-75(60(51-66)56-88)89-77-38-18-13-32-67(77)68-33-14-19-39-78(68)89/h1-54H. The third-order valence-corrected chi connectivity index (χ3v) is 30.6. The first-order chi connectivity index (χ1) is 46.5. The Hall–Kier alpha value is -11.9. The highest BCUT2D eigenvalue weighted by molar-refractivity contribution is 7.30. The van der Waals surface area contributed by atoms with Gasteiger partial charge in [0.2, 0.25) is 0 Å². The second-order valence-corrected chi connectivity index (χ2v) is 33.0. The molecule has 0 saturated carbocycles. The molecule has 0 atom stereocenters. The lowest BCUT2D eigenvalue weighted by Crippen LogP contribution is -2.75. The number of hydrogen-bond acceptors (Lipinski definition) is 4. The normalized spacial score (nSPS) is 12.0. The van der Waals surface area contributed by atoms with E-state index in [4.69, 9.17) is 4.42 Å².